The molecule has 0 unspecified atom stereocenters. The van der Waals surface area contributed by atoms with Crippen LogP contribution in [0.3, 0.4) is 0 Å². The van der Waals surface area contributed by atoms with Crippen molar-refractivity contribution >= 4 is 104 Å². The molecule has 0 rings (SSSR count). The molecule has 0 nitrogen and oxygen atoms in total. The van der Waals surface area contributed by atoms with Gasteiger partial charge in [0.2, 0.25) is 4.84 Å². The molecule has 0 aromatic heterocycles. The summed E-state index contributed by atoms with van der Waals surface area (Å²) in [5, 5.41) is -3.50. The summed E-state index contributed by atoms with van der Waals surface area (Å²) in [6.07, 6.45) is -4.47. The van der Waals surface area contributed by atoms with Crippen molar-refractivity contribution in [2.24, 2.45) is 0 Å². The predicted molar refractivity (Wildman–Crippen MR) is 78.9 cm³/mol. The molecule has 15 heteroatoms. The Morgan fingerprint density at radius 1 is 0.524 bits per heavy atom. The van der Waals surface area contributed by atoms with Crippen LogP contribution in [0, 0.1) is 0 Å². The first-order valence-electron chi connectivity index (χ1n) is 3.88. The van der Waals surface area contributed by atoms with Gasteiger partial charge in [0.15, 0.2) is 9.67 Å². The summed E-state index contributed by atoms with van der Waals surface area (Å²) >= 11 is 41.5. The summed E-state index contributed by atoms with van der Waals surface area (Å²) < 4.78 is 64.7. The SMILES string of the molecule is FC(Cl)(Cl)C(Cl)Cl.FC(F)(Cl)C(Cl)Cl.FC(F)(F)C(Cl)Cl. The minimum absolute atomic E-state index is 1.39. The fourth-order valence-corrected chi connectivity index (χ4v) is 0. The van der Waals surface area contributed by atoms with Gasteiger partial charge in [0, 0.05) is 0 Å². The van der Waals surface area contributed by atoms with Gasteiger partial charge in [-0.1, -0.05) is 92.8 Å². The molecule has 0 bridgehead atoms. The molecule has 0 N–H and O–H groups in total. The van der Waals surface area contributed by atoms with Gasteiger partial charge in [-0.3, -0.25) is 0 Å². The van der Waals surface area contributed by atoms with Gasteiger partial charge in [0.1, 0.15) is 0 Å². The molecule has 0 aliphatic rings. The second-order valence-electron chi connectivity index (χ2n) is 2.53. The van der Waals surface area contributed by atoms with Crippen LogP contribution in [0.5, 0.6) is 0 Å². The van der Waals surface area contributed by atoms with Crippen molar-refractivity contribution in [3.8, 4) is 0 Å². The first kappa shape index (κ1) is 28.0. The van der Waals surface area contributed by atoms with E-state index in [-0.39, 0.29) is 0 Å². The first-order valence-corrected chi connectivity index (χ1v) is 7.63. The fourth-order valence-electron chi connectivity index (χ4n) is 0. The summed E-state index contributed by atoms with van der Waals surface area (Å²) in [7, 11) is 0. The van der Waals surface area contributed by atoms with E-state index < -0.39 is 30.7 Å². The number of hydrogen-bond donors (Lipinski definition) is 0. The molecule has 21 heavy (non-hydrogen) atoms. The average molecular weight is 508 g/mol. The third-order valence-electron chi connectivity index (χ3n) is 0.742. The van der Waals surface area contributed by atoms with Crippen molar-refractivity contribution in [2.75, 3.05) is 0 Å². The molecule has 132 valence electrons. The molecule has 0 fully saturated rings. The predicted octanol–water partition coefficient (Wildman–Crippen LogP) is 7.87. The Balaban J connectivity index is -0.000000231. The van der Waals surface area contributed by atoms with E-state index in [0.29, 0.717) is 0 Å². The van der Waals surface area contributed by atoms with Gasteiger partial charge >= 0.3 is 11.6 Å². The quantitative estimate of drug-likeness (QED) is 0.263. The third kappa shape index (κ3) is 22.2. The summed E-state index contributed by atoms with van der Waals surface area (Å²) in [4.78, 5) is -5.47. The van der Waals surface area contributed by atoms with Gasteiger partial charge in [0.25, 0.3) is 4.59 Å². The van der Waals surface area contributed by atoms with E-state index in [2.05, 4.69) is 58.0 Å². The maximum absolute atomic E-state index is 11.8. The monoisotopic (exact) mass is 504 g/mol. The molecule has 0 aromatic rings. The highest BCUT2D eigenvalue weighted by Crippen LogP contribution is 2.33. The second-order valence-corrected chi connectivity index (χ2v) is 7.61. The average Bonchev–Trinajstić information content (AvgIpc) is 2.14. The number of alkyl halides is 15. The van der Waals surface area contributed by atoms with Crippen molar-refractivity contribution in [1.82, 2.24) is 0 Å². The first-order chi connectivity index (χ1) is 8.83. The Hall–Kier alpha value is 2.19. The highest BCUT2D eigenvalue weighted by Gasteiger charge is 2.36. The van der Waals surface area contributed by atoms with Crippen molar-refractivity contribution in [2.45, 2.75) is 30.7 Å². The molecule has 0 spiro atoms. The second kappa shape index (κ2) is 11.7. The van der Waals surface area contributed by atoms with Crippen LogP contribution in [0.2, 0.25) is 0 Å². The lowest BCUT2D eigenvalue weighted by molar-refractivity contribution is -0.115. The van der Waals surface area contributed by atoms with E-state index in [4.69, 9.17) is 46.4 Å². The van der Waals surface area contributed by atoms with Crippen LogP contribution >= 0.6 is 104 Å². The zero-order valence-electron chi connectivity index (χ0n) is 8.90. The zero-order valence-corrected chi connectivity index (χ0v) is 15.7. The minimum Gasteiger partial charge on any atom is -0.205 e. The normalized spacial score (nSPS) is 12.9. The number of rotatable bonds is 2. The molecule has 0 heterocycles. The molecule has 0 aliphatic carbocycles. The third-order valence-corrected chi connectivity index (χ3v) is 3.71. The van der Waals surface area contributed by atoms with Crippen molar-refractivity contribution < 1.29 is 26.3 Å². The molecule has 0 atom stereocenters. The Morgan fingerprint density at radius 3 is 0.667 bits per heavy atom. The molecule has 0 aromatic carbocycles. The van der Waals surface area contributed by atoms with Gasteiger partial charge < -0.3 is 0 Å². The maximum Gasteiger partial charge on any atom is 0.418 e. The van der Waals surface area contributed by atoms with Crippen molar-refractivity contribution in [3.05, 3.63) is 0 Å². The van der Waals surface area contributed by atoms with E-state index in [1.807, 2.05) is 0 Å². The highest BCUT2D eigenvalue weighted by atomic mass is 35.5. The van der Waals surface area contributed by atoms with Crippen molar-refractivity contribution in [1.29, 1.82) is 0 Å². The van der Waals surface area contributed by atoms with Crippen LogP contribution < -0.4 is 0 Å². The van der Waals surface area contributed by atoms with Gasteiger partial charge in [-0.25, -0.2) is 4.39 Å². The largest absolute Gasteiger partial charge is 0.418 e. The van der Waals surface area contributed by atoms with Gasteiger partial charge in [-0.2, -0.15) is 22.0 Å². The molecule has 0 aliphatic heterocycles. The molecular weight excluding hydrogens is 505 g/mol. The van der Waals surface area contributed by atoms with Crippen LogP contribution in [0.15, 0.2) is 0 Å². The maximum atomic E-state index is 11.8. The lowest BCUT2D eigenvalue weighted by atomic mass is 10.8. The Morgan fingerprint density at radius 2 is 0.667 bits per heavy atom. The fraction of sp³-hybridized carbons (Fsp3) is 1.00. The number of hydrogen-bond acceptors (Lipinski definition) is 0. The van der Waals surface area contributed by atoms with Crippen LogP contribution in [0.1, 0.15) is 0 Å². The molecule has 0 saturated carbocycles. The van der Waals surface area contributed by atoms with Gasteiger partial charge in [0.05, 0.1) is 0 Å². The van der Waals surface area contributed by atoms with Crippen LogP contribution in [0.25, 0.3) is 0 Å². The smallest absolute Gasteiger partial charge is 0.205 e. The van der Waals surface area contributed by atoms with Gasteiger partial charge in [-0.05, 0) is 11.6 Å². The Bertz CT molecular complexity index is 212. The highest BCUT2D eigenvalue weighted by molar-refractivity contribution is 6.58. The van der Waals surface area contributed by atoms with E-state index in [1.54, 1.807) is 0 Å². The lowest BCUT2D eigenvalue weighted by Gasteiger charge is -2.07. The van der Waals surface area contributed by atoms with Gasteiger partial charge in [-0.15, -0.1) is 0 Å². The topological polar surface area (TPSA) is 0 Å². The Kier molecular flexibility index (Phi) is 15.6. The molecule has 0 saturated heterocycles. The van der Waals surface area contributed by atoms with Crippen LogP contribution in [-0.4, -0.2) is 30.7 Å². The van der Waals surface area contributed by atoms with E-state index in [0.717, 1.165) is 0 Å². The zero-order chi connectivity index (χ0) is 18.2. The Labute approximate surface area is 160 Å². The molecular formula is C6H3Cl9F6. The summed E-state index contributed by atoms with van der Waals surface area (Å²) in [5.74, 6) is 0. The lowest BCUT2D eigenvalue weighted by Crippen LogP contribution is -2.16. The summed E-state index contributed by atoms with van der Waals surface area (Å²) in [5.41, 5.74) is 0. The molecule has 0 radical (unpaired) electrons. The van der Waals surface area contributed by atoms with E-state index in [1.165, 1.54) is 0 Å². The minimum atomic E-state index is -4.47. The van der Waals surface area contributed by atoms with E-state index in [9.17, 15) is 26.3 Å². The molecule has 0 amide bonds. The summed E-state index contributed by atoms with van der Waals surface area (Å²) in [6, 6.07) is 0. The number of halogens is 15. The van der Waals surface area contributed by atoms with Crippen LogP contribution in [0.4, 0.5) is 26.3 Å². The summed E-state index contributed by atoms with van der Waals surface area (Å²) in [6.45, 7) is 0. The van der Waals surface area contributed by atoms with E-state index >= 15 is 0 Å². The standard InChI is InChI=1S/C2HCl4F.C2HCl3F2.C2HCl2F3/c3*3-1(4)2(5,6)7/h3*1H. The van der Waals surface area contributed by atoms with Crippen LogP contribution in [-0.2, 0) is 0 Å². The van der Waals surface area contributed by atoms with Crippen molar-refractivity contribution in [3.63, 3.8) is 0 Å².